The molecule has 0 N–H and O–H groups in total. The van der Waals surface area contributed by atoms with E-state index in [9.17, 15) is 17.6 Å². The normalized spacial score (nSPS) is 12.2. The fourth-order valence-corrected chi connectivity index (χ4v) is 1.03. The molecule has 0 bridgehead atoms. The van der Waals surface area contributed by atoms with E-state index in [1.54, 1.807) is 0 Å². The Labute approximate surface area is 79.9 Å². The average molecular weight is 258 g/mol. The molecule has 1 rings (SSSR count). The molecule has 1 heterocycles. The number of hydrogen-bond donors (Lipinski definition) is 0. The van der Waals surface area contributed by atoms with Gasteiger partial charge < -0.3 is 0 Å². The van der Waals surface area contributed by atoms with E-state index in [2.05, 4.69) is 20.9 Å². The van der Waals surface area contributed by atoms with Crippen molar-refractivity contribution in [2.45, 2.75) is 12.3 Å². The van der Waals surface area contributed by atoms with Crippen molar-refractivity contribution in [3.63, 3.8) is 0 Å². The highest BCUT2D eigenvalue weighted by molar-refractivity contribution is 9.10. The van der Waals surface area contributed by atoms with Crippen molar-refractivity contribution < 1.29 is 17.6 Å². The van der Waals surface area contributed by atoms with E-state index in [-0.39, 0.29) is 4.47 Å². The molecule has 0 aromatic carbocycles. The van der Waals surface area contributed by atoms with Gasteiger partial charge in [-0.05, 0) is 12.1 Å². The summed E-state index contributed by atoms with van der Waals surface area (Å²) < 4.78 is 49.2. The van der Waals surface area contributed by atoms with Crippen LogP contribution in [0.1, 0.15) is 5.69 Å². The predicted octanol–water partition coefficient (Wildman–Crippen LogP) is 3.20. The zero-order valence-electron chi connectivity index (χ0n) is 6.15. The fourth-order valence-electron chi connectivity index (χ4n) is 0.699. The first-order valence-electron chi connectivity index (χ1n) is 3.22. The molecule has 1 nitrogen and oxygen atoms in total. The zero-order valence-corrected chi connectivity index (χ0v) is 7.73. The first kappa shape index (κ1) is 10.4. The minimum Gasteiger partial charge on any atom is -0.255 e. The highest BCUT2D eigenvalue weighted by Gasteiger charge is 2.44. The molecular formula is C7H4BrF4N. The molecule has 0 saturated heterocycles. The van der Waals surface area contributed by atoms with Crippen LogP contribution in [0.25, 0.3) is 0 Å². The van der Waals surface area contributed by atoms with Crippen molar-refractivity contribution in [1.82, 2.24) is 4.98 Å². The third-order valence-corrected chi connectivity index (χ3v) is 1.83. The first-order valence-corrected chi connectivity index (χ1v) is 4.02. The highest BCUT2D eigenvalue weighted by atomic mass is 79.9. The average Bonchev–Trinajstić information content (AvgIpc) is 2.04. The number of nitrogens with zero attached hydrogens (tertiary/aromatic N) is 1. The maximum Gasteiger partial charge on any atom is 0.348 e. The van der Waals surface area contributed by atoms with Gasteiger partial charge in [-0.1, -0.05) is 15.9 Å². The monoisotopic (exact) mass is 257 g/mol. The molecule has 1 aromatic heterocycles. The molecular weight excluding hydrogens is 254 g/mol. The summed E-state index contributed by atoms with van der Waals surface area (Å²) in [5.74, 6) is -4.19. The molecule has 0 atom stereocenters. The van der Waals surface area contributed by atoms with E-state index in [0.29, 0.717) is 0 Å². The topological polar surface area (TPSA) is 12.9 Å². The molecule has 0 radical (unpaired) electrons. The lowest BCUT2D eigenvalue weighted by Crippen LogP contribution is -2.24. The number of pyridine rings is 1. The van der Waals surface area contributed by atoms with E-state index >= 15 is 0 Å². The van der Waals surface area contributed by atoms with Crippen molar-refractivity contribution in [1.29, 1.82) is 0 Å². The Balaban J connectivity index is 3.07. The van der Waals surface area contributed by atoms with Gasteiger partial charge >= 0.3 is 12.3 Å². The van der Waals surface area contributed by atoms with Crippen LogP contribution in [0.5, 0.6) is 0 Å². The van der Waals surface area contributed by atoms with Gasteiger partial charge in [-0.3, -0.25) is 4.98 Å². The lowest BCUT2D eigenvalue weighted by atomic mass is 10.2. The van der Waals surface area contributed by atoms with Crippen LogP contribution in [0.2, 0.25) is 0 Å². The second kappa shape index (κ2) is 3.61. The van der Waals surface area contributed by atoms with Crippen LogP contribution < -0.4 is 0 Å². The van der Waals surface area contributed by atoms with E-state index < -0.39 is 18.0 Å². The van der Waals surface area contributed by atoms with Crippen LogP contribution >= 0.6 is 15.9 Å². The number of rotatable bonds is 2. The molecule has 0 aliphatic heterocycles. The molecule has 0 unspecified atom stereocenters. The maximum absolute atomic E-state index is 12.6. The molecule has 1 aromatic rings. The summed E-state index contributed by atoms with van der Waals surface area (Å²) in [6.07, 6.45) is -2.70. The molecule has 6 heteroatoms. The van der Waals surface area contributed by atoms with Crippen LogP contribution in [-0.2, 0) is 5.92 Å². The third kappa shape index (κ3) is 2.18. The van der Waals surface area contributed by atoms with Gasteiger partial charge in [0.1, 0.15) is 5.69 Å². The summed E-state index contributed by atoms with van der Waals surface area (Å²) in [7, 11) is 0. The van der Waals surface area contributed by atoms with Gasteiger partial charge in [0.05, 0.1) is 0 Å². The Hall–Kier alpha value is -0.650. The molecule has 0 amide bonds. The van der Waals surface area contributed by atoms with Gasteiger partial charge in [0, 0.05) is 10.7 Å². The number of halogens is 5. The van der Waals surface area contributed by atoms with Crippen molar-refractivity contribution in [2.24, 2.45) is 0 Å². The fraction of sp³-hybridized carbons (Fsp3) is 0.286. The van der Waals surface area contributed by atoms with Crippen LogP contribution in [0.4, 0.5) is 17.6 Å². The van der Waals surface area contributed by atoms with Crippen LogP contribution in [-0.4, -0.2) is 11.4 Å². The lowest BCUT2D eigenvalue weighted by molar-refractivity contribution is -0.138. The Morgan fingerprint density at radius 1 is 1.38 bits per heavy atom. The second-order valence-electron chi connectivity index (χ2n) is 2.28. The van der Waals surface area contributed by atoms with E-state index in [0.717, 1.165) is 12.3 Å². The number of hydrogen-bond acceptors (Lipinski definition) is 1. The van der Waals surface area contributed by atoms with Crippen LogP contribution in [0.15, 0.2) is 22.8 Å². The SMILES string of the molecule is FC(F)C(F)(F)c1cc(Br)ccn1. The van der Waals surface area contributed by atoms with E-state index in [1.807, 2.05) is 0 Å². The lowest BCUT2D eigenvalue weighted by Gasteiger charge is -2.13. The quantitative estimate of drug-likeness (QED) is 0.742. The Morgan fingerprint density at radius 2 is 2.00 bits per heavy atom. The summed E-state index contributed by atoms with van der Waals surface area (Å²) >= 11 is 2.89. The minimum absolute atomic E-state index is 0.290. The van der Waals surface area contributed by atoms with Crippen molar-refractivity contribution >= 4 is 15.9 Å². The van der Waals surface area contributed by atoms with Gasteiger partial charge in [0.25, 0.3) is 0 Å². The van der Waals surface area contributed by atoms with E-state index in [1.165, 1.54) is 6.07 Å². The Morgan fingerprint density at radius 3 is 2.46 bits per heavy atom. The summed E-state index contributed by atoms with van der Waals surface area (Å²) in [4.78, 5) is 3.17. The zero-order chi connectivity index (χ0) is 10.1. The predicted molar refractivity (Wildman–Crippen MR) is 41.8 cm³/mol. The molecule has 72 valence electrons. The number of alkyl halides is 4. The largest absolute Gasteiger partial charge is 0.348 e. The van der Waals surface area contributed by atoms with Gasteiger partial charge in [-0.2, -0.15) is 8.78 Å². The molecule has 0 spiro atoms. The van der Waals surface area contributed by atoms with Gasteiger partial charge in [0.15, 0.2) is 0 Å². The summed E-state index contributed by atoms with van der Waals surface area (Å²) in [5, 5.41) is 0. The molecule has 13 heavy (non-hydrogen) atoms. The third-order valence-electron chi connectivity index (χ3n) is 1.34. The van der Waals surface area contributed by atoms with E-state index in [4.69, 9.17) is 0 Å². The van der Waals surface area contributed by atoms with Gasteiger partial charge in [0.2, 0.25) is 0 Å². The number of aromatic nitrogens is 1. The first-order chi connectivity index (χ1) is 5.94. The van der Waals surface area contributed by atoms with Gasteiger partial charge in [-0.15, -0.1) is 0 Å². The van der Waals surface area contributed by atoms with Crippen LogP contribution in [0, 0.1) is 0 Å². The molecule has 0 saturated carbocycles. The molecule has 0 aliphatic carbocycles. The summed E-state index contributed by atoms with van der Waals surface area (Å²) in [6, 6.07) is 2.25. The Bertz CT molecular complexity index is 302. The smallest absolute Gasteiger partial charge is 0.255 e. The summed E-state index contributed by atoms with van der Waals surface area (Å²) in [5.41, 5.74) is -0.933. The van der Waals surface area contributed by atoms with Crippen LogP contribution in [0.3, 0.4) is 0 Å². The highest BCUT2D eigenvalue weighted by Crippen LogP contribution is 2.33. The maximum atomic E-state index is 12.6. The Kier molecular flexibility index (Phi) is 2.90. The standard InChI is InChI=1S/C7H4BrF4N/c8-4-1-2-13-5(3-4)7(11,12)6(9)10/h1-3,6H. The second-order valence-corrected chi connectivity index (χ2v) is 3.20. The summed E-state index contributed by atoms with van der Waals surface area (Å²) in [6.45, 7) is 0. The molecule has 0 aliphatic rings. The molecule has 0 fully saturated rings. The minimum atomic E-state index is -4.19. The van der Waals surface area contributed by atoms with Crippen molar-refractivity contribution in [2.75, 3.05) is 0 Å². The van der Waals surface area contributed by atoms with Crippen molar-refractivity contribution in [3.8, 4) is 0 Å². The van der Waals surface area contributed by atoms with Gasteiger partial charge in [-0.25, -0.2) is 8.78 Å². The van der Waals surface area contributed by atoms with Crippen molar-refractivity contribution in [3.05, 3.63) is 28.5 Å².